The highest BCUT2D eigenvalue weighted by Crippen LogP contribution is 2.27. The van der Waals surface area contributed by atoms with Gasteiger partial charge in [0.1, 0.15) is 5.75 Å². The fraction of sp³-hybridized carbons (Fsp3) is 0.188. The van der Waals surface area contributed by atoms with E-state index in [0.717, 1.165) is 22.2 Å². The first kappa shape index (κ1) is 15.6. The van der Waals surface area contributed by atoms with E-state index in [2.05, 4.69) is 15.9 Å². The quantitative estimate of drug-likeness (QED) is 0.744. The number of Topliss-reactive ketones (excluding diaryl/α,β-unsaturated/α-hetero) is 1. The molecule has 2 nitrogen and oxygen atoms in total. The molecule has 0 spiro atoms. The van der Waals surface area contributed by atoms with Crippen molar-refractivity contribution in [3.8, 4) is 5.75 Å². The van der Waals surface area contributed by atoms with Gasteiger partial charge in [-0.3, -0.25) is 4.79 Å². The highest BCUT2D eigenvalue weighted by atomic mass is 79.9. The predicted octanol–water partition coefficient (Wildman–Crippen LogP) is 4.69. The first-order valence-corrected chi connectivity index (χ1v) is 7.10. The third-order valence-electron chi connectivity index (χ3n) is 2.96. The minimum atomic E-state index is -1.05. The average molecular weight is 355 g/mol. The molecule has 110 valence electrons. The lowest BCUT2D eigenvalue weighted by Crippen LogP contribution is -2.24. The molecule has 0 aliphatic carbocycles. The molecule has 0 saturated heterocycles. The Labute approximate surface area is 129 Å². The van der Waals surface area contributed by atoms with E-state index in [9.17, 15) is 13.6 Å². The summed E-state index contributed by atoms with van der Waals surface area (Å²) < 4.78 is 32.3. The molecule has 1 unspecified atom stereocenters. The van der Waals surface area contributed by atoms with Crippen LogP contribution in [0.3, 0.4) is 0 Å². The van der Waals surface area contributed by atoms with E-state index in [0.29, 0.717) is 5.75 Å². The molecule has 0 aliphatic heterocycles. The third kappa shape index (κ3) is 3.67. The summed E-state index contributed by atoms with van der Waals surface area (Å²) in [5.41, 5.74) is 1.12. The number of benzene rings is 2. The molecular formula is C16H13BrF2O2. The monoisotopic (exact) mass is 354 g/mol. The minimum absolute atomic E-state index is 0.0737. The molecule has 0 aliphatic rings. The van der Waals surface area contributed by atoms with Crippen LogP contribution in [-0.2, 0) is 0 Å². The summed E-state index contributed by atoms with van der Waals surface area (Å²) >= 11 is 3.36. The summed E-state index contributed by atoms with van der Waals surface area (Å²) in [6.07, 6.45) is -0.811. The topological polar surface area (TPSA) is 26.3 Å². The maximum atomic E-state index is 13.2. The van der Waals surface area contributed by atoms with Gasteiger partial charge in [0, 0.05) is 5.56 Å². The first-order chi connectivity index (χ1) is 9.88. The van der Waals surface area contributed by atoms with Gasteiger partial charge in [0.25, 0.3) is 0 Å². The molecule has 0 aromatic heterocycles. The molecule has 0 amide bonds. The van der Waals surface area contributed by atoms with Crippen molar-refractivity contribution in [2.45, 2.75) is 20.0 Å². The second-order valence-corrected chi connectivity index (χ2v) is 5.54. The summed E-state index contributed by atoms with van der Waals surface area (Å²) in [6, 6.07) is 8.51. The van der Waals surface area contributed by atoms with Crippen LogP contribution in [0.2, 0.25) is 0 Å². The van der Waals surface area contributed by atoms with Crippen LogP contribution in [-0.4, -0.2) is 11.9 Å². The highest BCUT2D eigenvalue weighted by Gasteiger charge is 2.19. The van der Waals surface area contributed by atoms with Crippen LogP contribution in [0.25, 0.3) is 0 Å². The van der Waals surface area contributed by atoms with Crippen molar-refractivity contribution in [3.63, 3.8) is 0 Å². The van der Waals surface area contributed by atoms with E-state index < -0.39 is 23.5 Å². The molecule has 0 fully saturated rings. The van der Waals surface area contributed by atoms with E-state index in [-0.39, 0.29) is 5.56 Å². The molecule has 0 saturated carbocycles. The maximum Gasteiger partial charge on any atom is 0.203 e. The smallest absolute Gasteiger partial charge is 0.203 e. The fourth-order valence-corrected chi connectivity index (χ4v) is 2.42. The van der Waals surface area contributed by atoms with Gasteiger partial charge in [0.2, 0.25) is 5.78 Å². The highest BCUT2D eigenvalue weighted by molar-refractivity contribution is 9.10. The molecule has 1 atom stereocenters. The SMILES string of the molecule is Cc1ccc(OC(C)C(=O)c2ccc(F)c(F)c2)c(Br)c1. The Morgan fingerprint density at radius 1 is 1.14 bits per heavy atom. The Hall–Kier alpha value is -1.75. The Morgan fingerprint density at radius 2 is 1.86 bits per heavy atom. The molecule has 21 heavy (non-hydrogen) atoms. The Balaban J connectivity index is 2.17. The molecular weight excluding hydrogens is 342 g/mol. The van der Waals surface area contributed by atoms with Gasteiger partial charge in [-0.05, 0) is 65.7 Å². The zero-order valence-corrected chi connectivity index (χ0v) is 13.1. The van der Waals surface area contributed by atoms with Crippen molar-refractivity contribution in [1.29, 1.82) is 0 Å². The van der Waals surface area contributed by atoms with E-state index >= 15 is 0 Å². The summed E-state index contributed by atoms with van der Waals surface area (Å²) in [5, 5.41) is 0. The van der Waals surface area contributed by atoms with Crippen LogP contribution in [0, 0.1) is 18.6 Å². The Kier molecular flexibility index (Phi) is 4.73. The lowest BCUT2D eigenvalue weighted by Gasteiger charge is -2.15. The van der Waals surface area contributed by atoms with E-state index in [1.54, 1.807) is 13.0 Å². The maximum absolute atomic E-state index is 13.2. The molecule has 0 heterocycles. The standard InChI is InChI=1S/C16H13BrF2O2/c1-9-3-6-15(12(17)7-9)21-10(2)16(20)11-4-5-13(18)14(19)8-11/h3-8,10H,1-2H3. The second kappa shape index (κ2) is 6.35. The van der Waals surface area contributed by atoms with Crippen LogP contribution in [0.1, 0.15) is 22.8 Å². The van der Waals surface area contributed by atoms with Gasteiger partial charge in [-0.25, -0.2) is 8.78 Å². The molecule has 0 bridgehead atoms. The van der Waals surface area contributed by atoms with Crippen LogP contribution >= 0.6 is 15.9 Å². The molecule has 2 aromatic rings. The number of carbonyl (C=O) groups is 1. The van der Waals surface area contributed by atoms with Crippen LogP contribution < -0.4 is 4.74 Å². The minimum Gasteiger partial charge on any atom is -0.481 e. The van der Waals surface area contributed by atoms with Gasteiger partial charge >= 0.3 is 0 Å². The van der Waals surface area contributed by atoms with Gasteiger partial charge in [-0.1, -0.05) is 6.07 Å². The van der Waals surface area contributed by atoms with Crippen molar-refractivity contribution in [1.82, 2.24) is 0 Å². The van der Waals surface area contributed by atoms with Crippen LogP contribution in [0.15, 0.2) is 40.9 Å². The van der Waals surface area contributed by atoms with E-state index in [1.165, 1.54) is 6.07 Å². The normalized spacial score (nSPS) is 12.0. The number of ketones is 1. The number of hydrogen-bond donors (Lipinski definition) is 0. The van der Waals surface area contributed by atoms with Crippen molar-refractivity contribution in [3.05, 3.63) is 63.6 Å². The van der Waals surface area contributed by atoms with Crippen molar-refractivity contribution in [2.24, 2.45) is 0 Å². The van der Waals surface area contributed by atoms with E-state index in [4.69, 9.17) is 4.74 Å². The lowest BCUT2D eigenvalue weighted by molar-refractivity contribution is 0.0816. The van der Waals surface area contributed by atoms with Crippen LogP contribution in [0.5, 0.6) is 5.75 Å². The van der Waals surface area contributed by atoms with Gasteiger partial charge in [0.05, 0.1) is 4.47 Å². The van der Waals surface area contributed by atoms with E-state index in [1.807, 2.05) is 19.1 Å². The molecule has 0 N–H and O–H groups in total. The van der Waals surface area contributed by atoms with Gasteiger partial charge in [-0.2, -0.15) is 0 Å². The Morgan fingerprint density at radius 3 is 2.48 bits per heavy atom. The lowest BCUT2D eigenvalue weighted by atomic mass is 10.1. The summed E-state index contributed by atoms with van der Waals surface area (Å²) in [6.45, 7) is 3.50. The summed E-state index contributed by atoms with van der Waals surface area (Å²) in [4.78, 5) is 12.2. The number of hydrogen-bond acceptors (Lipinski definition) is 2. The average Bonchev–Trinajstić information content (AvgIpc) is 2.44. The zero-order chi connectivity index (χ0) is 15.6. The van der Waals surface area contributed by atoms with Crippen molar-refractivity contribution in [2.75, 3.05) is 0 Å². The predicted molar refractivity (Wildman–Crippen MR) is 79.7 cm³/mol. The summed E-state index contributed by atoms with van der Waals surface area (Å²) in [5.74, 6) is -1.93. The van der Waals surface area contributed by atoms with Gasteiger partial charge in [-0.15, -0.1) is 0 Å². The van der Waals surface area contributed by atoms with Crippen molar-refractivity contribution >= 4 is 21.7 Å². The number of ether oxygens (including phenoxy) is 1. The Bertz CT molecular complexity index is 686. The van der Waals surface area contributed by atoms with Gasteiger partial charge in [0.15, 0.2) is 17.7 Å². The fourth-order valence-electron chi connectivity index (χ4n) is 1.83. The molecule has 2 rings (SSSR count). The molecule has 0 radical (unpaired) electrons. The largest absolute Gasteiger partial charge is 0.481 e. The number of aryl methyl sites for hydroxylation is 1. The zero-order valence-electron chi connectivity index (χ0n) is 11.5. The third-order valence-corrected chi connectivity index (χ3v) is 3.58. The van der Waals surface area contributed by atoms with Crippen molar-refractivity contribution < 1.29 is 18.3 Å². The number of carbonyl (C=O) groups excluding carboxylic acids is 1. The second-order valence-electron chi connectivity index (χ2n) is 4.69. The van der Waals surface area contributed by atoms with Crippen LogP contribution in [0.4, 0.5) is 8.78 Å². The first-order valence-electron chi connectivity index (χ1n) is 6.30. The molecule has 5 heteroatoms. The number of rotatable bonds is 4. The van der Waals surface area contributed by atoms with Gasteiger partial charge < -0.3 is 4.74 Å². The molecule has 2 aromatic carbocycles. The number of halogens is 3. The summed E-state index contributed by atoms with van der Waals surface area (Å²) in [7, 11) is 0.